The zero-order valence-corrected chi connectivity index (χ0v) is 14.9. The third-order valence-corrected chi connectivity index (χ3v) is 4.69. The molecule has 3 rings (SSSR count). The second kappa shape index (κ2) is 8.43. The molecule has 1 aliphatic heterocycles. The van der Waals surface area contributed by atoms with Gasteiger partial charge in [-0.05, 0) is 24.1 Å². The number of carbonyl (C=O) groups is 1. The molecule has 0 bridgehead atoms. The molecule has 0 atom stereocenters. The molecule has 0 unspecified atom stereocenters. The minimum absolute atomic E-state index is 0.207. The number of amides is 2. The highest BCUT2D eigenvalue weighted by Gasteiger charge is 2.34. The minimum Gasteiger partial charge on any atom is -0.322 e. The first-order chi connectivity index (χ1) is 12.9. The van der Waals surface area contributed by atoms with Crippen molar-refractivity contribution in [2.45, 2.75) is 12.6 Å². The summed E-state index contributed by atoms with van der Waals surface area (Å²) >= 11 is 0. The first-order valence-corrected chi connectivity index (χ1v) is 8.92. The summed E-state index contributed by atoms with van der Waals surface area (Å²) in [5, 5.41) is 2.41. The predicted octanol–water partition coefficient (Wildman–Crippen LogP) is 4.10. The van der Waals surface area contributed by atoms with Gasteiger partial charge in [0.05, 0.1) is 11.3 Å². The molecular weight excluding hydrogens is 355 g/mol. The molecule has 1 N–H and O–H groups in total. The molecule has 7 heteroatoms. The molecule has 0 aliphatic carbocycles. The maximum absolute atomic E-state index is 13.0. The summed E-state index contributed by atoms with van der Waals surface area (Å²) in [6.07, 6.45) is -3.56. The maximum atomic E-state index is 13.0. The Morgan fingerprint density at radius 3 is 2.22 bits per heavy atom. The van der Waals surface area contributed by atoms with Gasteiger partial charge in [0.1, 0.15) is 0 Å². The first kappa shape index (κ1) is 19.2. The highest BCUT2D eigenvalue weighted by Crippen LogP contribution is 2.34. The molecule has 2 aromatic carbocycles. The van der Waals surface area contributed by atoms with Crippen LogP contribution in [0.4, 0.5) is 23.7 Å². The third-order valence-electron chi connectivity index (χ3n) is 4.69. The Kier molecular flexibility index (Phi) is 6.01. The van der Waals surface area contributed by atoms with E-state index >= 15 is 0 Å². The number of benzene rings is 2. The van der Waals surface area contributed by atoms with Crippen LogP contribution in [-0.2, 0) is 12.6 Å². The van der Waals surface area contributed by atoms with Crippen molar-refractivity contribution >= 4 is 11.7 Å². The Morgan fingerprint density at radius 2 is 1.56 bits per heavy atom. The molecular formula is C20H22F3N3O. The van der Waals surface area contributed by atoms with Gasteiger partial charge in [0, 0.05) is 32.7 Å². The van der Waals surface area contributed by atoms with Gasteiger partial charge in [-0.3, -0.25) is 4.90 Å². The van der Waals surface area contributed by atoms with Gasteiger partial charge in [0.25, 0.3) is 0 Å². The summed E-state index contributed by atoms with van der Waals surface area (Å²) in [4.78, 5) is 16.2. The van der Waals surface area contributed by atoms with Crippen LogP contribution in [0, 0.1) is 0 Å². The zero-order valence-electron chi connectivity index (χ0n) is 14.9. The molecule has 0 spiro atoms. The normalized spacial score (nSPS) is 15.6. The van der Waals surface area contributed by atoms with Crippen molar-refractivity contribution in [2.24, 2.45) is 0 Å². The van der Waals surface area contributed by atoms with Gasteiger partial charge in [0.2, 0.25) is 0 Å². The highest BCUT2D eigenvalue weighted by atomic mass is 19.4. The Bertz CT molecular complexity index is 757. The lowest BCUT2D eigenvalue weighted by atomic mass is 10.1. The molecule has 2 amide bonds. The van der Waals surface area contributed by atoms with Crippen molar-refractivity contribution in [2.75, 3.05) is 38.0 Å². The summed E-state index contributed by atoms with van der Waals surface area (Å²) in [7, 11) is 0. The fourth-order valence-corrected chi connectivity index (χ4v) is 3.14. The van der Waals surface area contributed by atoms with Gasteiger partial charge >= 0.3 is 12.2 Å². The standard InChI is InChI=1S/C20H22F3N3O/c21-20(22,23)17-8-4-5-9-18(17)24-19(27)26-14-12-25(13-15-26)11-10-16-6-2-1-3-7-16/h1-9H,10-15H2,(H,24,27). The van der Waals surface area contributed by atoms with Crippen molar-refractivity contribution in [3.63, 3.8) is 0 Å². The van der Waals surface area contributed by atoms with E-state index in [1.165, 1.54) is 23.8 Å². The Morgan fingerprint density at radius 1 is 0.926 bits per heavy atom. The molecule has 0 saturated carbocycles. The van der Waals surface area contributed by atoms with Gasteiger partial charge in [-0.2, -0.15) is 13.2 Å². The Balaban J connectivity index is 1.51. The van der Waals surface area contributed by atoms with Crippen molar-refractivity contribution in [1.29, 1.82) is 0 Å². The summed E-state index contributed by atoms with van der Waals surface area (Å²) in [6, 6.07) is 14.7. The van der Waals surface area contributed by atoms with E-state index in [2.05, 4.69) is 22.3 Å². The number of rotatable bonds is 4. The van der Waals surface area contributed by atoms with Crippen molar-refractivity contribution in [3.05, 3.63) is 65.7 Å². The molecule has 0 radical (unpaired) electrons. The quantitative estimate of drug-likeness (QED) is 0.871. The van der Waals surface area contributed by atoms with Gasteiger partial charge in [-0.1, -0.05) is 42.5 Å². The van der Waals surface area contributed by atoms with E-state index in [9.17, 15) is 18.0 Å². The van der Waals surface area contributed by atoms with Crippen LogP contribution in [0.2, 0.25) is 0 Å². The number of urea groups is 1. The van der Waals surface area contributed by atoms with E-state index in [1.807, 2.05) is 18.2 Å². The number of nitrogens with one attached hydrogen (secondary N) is 1. The monoisotopic (exact) mass is 377 g/mol. The van der Waals surface area contributed by atoms with Gasteiger partial charge < -0.3 is 10.2 Å². The van der Waals surface area contributed by atoms with Crippen LogP contribution < -0.4 is 5.32 Å². The van der Waals surface area contributed by atoms with Crippen LogP contribution >= 0.6 is 0 Å². The molecule has 1 saturated heterocycles. The van der Waals surface area contributed by atoms with Gasteiger partial charge in [0.15, 0.2) is 0 Å². The second-order valence-corrected chi connectivity index (χ2v) is 6.54. The largest absolute Gasteiger partial charge is 0.418 e. The molecule has 27 heavy (non-hydrogen) atoms. The van der Waals surface area contributed by atoms with E-state index < -0.39 is 17.8 Å². The fourth-order valence-electron chi connectivity index (χ4n) is 3.14. The van der Waals surface area contributed by atoms with E-state index in [0.29, 0.717) is 26.2 Å². The van der Waals surface area contributed by atoms with Crippen molar-refractivity contribution in [3.8, 4) is 0 Å². The number of anilines is 1. The van der Waals surface area contributed by atoms with Crippen LogP contribution in [-0.4, -0.2) is 48.6 Å². The fraction of sp³-hybridized carbons (Fsp3) is 0.350. The molecule has 1 fully saturated rings. The number of para-hydroxylation sites is 1. The Labute approximate surface area is 156 Å². The molecule has 4 nitrogen and oxygen atoms in total. The van der Waals surface area contributed by atoms with Crippen LogP contribution in [0.25, 0.3) is 0 Å². The van der Waals surface area contributed by atoms with Crippen molar-refractivity contribution < 1.29 is 18.0 Å². The second-order valence-electron chi connectivity index (χ2n) is 6.54. The van der Waals surface area contributed by atoms with Crippen LogP contribution in [0.15, 0.2) is 54.6 Å². The summed E-state index contributed by atoms with van der Waals surface area (Å²) in [5.41, 5.74) is 0.225. The van der Waals surface area contributed by atoms with Crippen molar-refractivity contribution in [1.82, 2.24) is 9.80 Å². The molecule has 1 heterocycles. The summed E-state index contributed by atoms with van der Waals surface area (Å²) in [5.74, 6) is 0. The molecule has 2 aromatic rings. The van der Waals surface area contributed by atoms with Crippen LogP contribution in [0.5, 0.6) is 0 Å². The SMILES string of the molecule is O=C(Nc1ccccc1C(F)(F)F)N1CCN(CCc2ccccc2)CC1. The van der Waals surface area contributed by atoms with E-state index in [4.69, 9.17) is 0 Å². The van der Waals surface area contributed by atoms with Gasteiger partial charge in [-0.25, -0.2) is 4.79 Å². The van der Waals surface area contributed by atoms with Gasteiger partial charge in [-0.15, -0.1) is 0 Å². The third kappa shape index (κ3) is 5.23. The number of halogens is 3. The lowest BCUT2D eigenvalue weighted by molar-refractivity contribution is -0.136. The minimum atomic E-state index is -4.50. The highest BCUT2D eigenvalue weighted by molar-refractivity contribution is 5.90. The maximum Gasteiger partial charge on any atom is 0.418 e. The number of nitrogens with zero attached hydrogens (tertiary/aromatic N) is 2. The predicted molar refractivity (Wildman–Crippen MR) is 98.6 cm³/mol. The van der Waals surface area contributed by atoms with E-state index in [-0.39, 0.29) is 5.69 Å². The number of alkyl halides is 3. The topological polar surface area (TPSA) is 35.6 Å². The average Bonchev–Trinajstić information content (AvgIpc) is 2.67. The lowest BCUT2D eigenvalue weighted by Crippen LogP contribution is -2.50. The lowest BCUT2D eigenvalue weighted by Gasteiger charge is -2.34. The van der Waals surface area contributed by atoms with Crippen LogP contribution in [0.1, 0.15) is 11.1 Å². The van der Waals surface area contributed by atoms with E-state index in [1.54, 1.807) is 4.90 Å². The number of hydrogen-bond acceptors (Lipinski definition) is 2. The number of hydrogen-bond donors (Lipinski definition) is 1. The molecule has 144 valence electrons. The molecule has 1 aliphatic rings. The first-order valence-electron chi connectivity index (χ1n) is 8.92. The smallest absolute Gasteiger partial charge is 0.322 e. The Hall–Kier alpha value is -2.54. The molecule has 0 aromatic heterocycles. The average molecular weight is 377 g/mol. The number of piperazine rings is 1. The zero-order chi connectivity index (χ0) is 19.3. The summed E-state index contributed by atoms with van der Waals surface area (Å²) in [6.45, 7) is 3.31. The van der Waals surface area contributed by atoms with E-state index in [0.717, 1.165) is 19.0 Å². The number of carbonyl (C=O) groups excluding carboxylic acids is 1. The van der Waals surface area contributed by atoms with Crippen LogP contribution in [0.3, 0.4) is 0 Å². The summed E-state index contributed by atoms with van der Waals surface area (Å²) < 4.78 is 39.1.